The number of halogens is 1. The fraction of sp³-hybridized carbons (Fsp3) is 0.667. The van der Waals surface area contributed by atoms with Crippen LogP contribution in [0.5, 0.6) is 0 Å². The number of hydrogen-bond donors (Lipinski definition) is 1. The van der Waals surface area contributed by atoms with Gasteiger partial charge in [0.2, 0.25) is 0 Å². The number of thiazole rings is 1. The van der Waals surface area contributed by atoms with Crippen LogP contribution in [0, 0.1) is 0 Å². The van der Waals surface area contributed by atoms with Crippen molar-refractivity contribution in [2.75, 3.05) is 31.7 Å². The molecule has 0 spiro atoms. The molecule has 1 atom stereocenters. The summed E-state index contributed by atoms with van der Waals surface area (Å²) in [6.45, 7) is 4.47. The number of methoxy groups -OCH3 is 1. The summed E-state index contributed by atoms with van der Waals surface area (Å²) in [5.74, 6) is 1.89. The Kier molecular flexibility index (Phi) is 5.70. The molecule has 9 heteroatoms. The normalized spacial score (nSPS) is 20.5. The van der Waals surface area contributed by atoms with Crippen LogP contribution >= 0.6 is 23.7 Å². The Bertz CT molecular complexity index is 673. The van der Waals surface area contributed by atoms with E-state index in [0.717, 1.165) is 55.3 Å². The number of fused-ring (bicyclic) bond motifs is 1. The number of ether oxygens (including phenoxy) is 1. The topological polar surface area (TPSA) is 68.1 Å². The second-order valence-electron chi connectivity index (χ2n) is 6.08. The minimum atomic E-state index is 0. The minimum Gasteiger partial charge on any atom is -0.383 e. The second-order valence-corrected chi connectivity index (χ2v) is 6.92. The van der Waals surface area contributed by atoms with Crippen molar-refractivity contribution >= 4 is 28.9 Å². The zero-order valence-electron chi connectivity index (χ0n) is 13.8. The van der Waals surface area contributed by atoms with E-state index >= 15 is 0 Å². The zero-order valence-corrected chi connectivity index (χ0v) is 15.4. The molecule has 0 bridgehead atoms. The van der Waals surface area contributed by atoms with Gasteiger partial charge in [-0.1, -0.05) is 0 Å². The third-order valence-corrected chi connectivity index (χ3v) is 5.45. The van der Waals surface area contributed by atoms with Gasteiger partial charge in [-0.15, -0.1) is 33.9 Å². The Balaban J connectivity index is 0.00000169. The van der Waals surface area contributed by atoms with Gasteiger partial charge >= 0.3 is 0 Å². The maximum absolute atomic E-state index is 5.39. The molecule has 4 heterocycles. The third kappa shape index (κ3) is 3.28. The molecule has 2 aliphatic heterocycles. The first-order chi connectivity index (χ1) is 11.4. The zero-order chi connectivity index (χ0) is 15.6. The fourth-order valence-corrected chi connectivity index (χ4v) is 4.30. The predicted octanol–water partition coefficient (Wildman–Crippen LogP) is 1.93. The number of aromatic nitrogens is 4. The Labute approximate surface area is 151 Å². The Morgan fingerprint density at radius 3 is 3.12 bits per heavy atom. The Morgan fingerprint density at radius 1 is 1.33 bits per heavy atom. The van der Waals surface area contributed by atoms with Gasteiger partial charge in [-0.25, -0.2) is 4.98 Å². The molecule has 1 saturated heterocycles. The highest BCUT2D eigenvalue weighted by Gasteiger charge is 2.26. The first-order valence-corrected chi connectivity index (χ1v) is 9.09. The van der Waals surface area contributed by atoms with Crippen molar-refractivity contribution in [1.29, 1.82) is 0 Å². The van der Waals surface area contributed by atoms with Crippen LogP contribution in [0.15, 0.2) is 5.38 Å². The van der Waals surface area contributed by atoms with Gasteiger partial charge in [-0.2, -0.15) is 0 Å². The summed E-state index contributed by atoms with van der Waals surface area (Å²) < 4.78 is 7.57. The highest BCUT2D eigenvalue weighted by Crippen LogP contribution is 2.31. The van der Waals surface area contributed by atoms with Crippen molar-refractivity contribution < 1.29 is 4.74 Å². The van der Waals surface area contributed by atoms with Crippen molar-refractivity contribution in [2.24, 2.45) is 0 Å². The summed E-state index contributed by atoms with van der Waals surface area (Å²) in [6, 6.07) is 0.435. The van der Waals surface area contributed by atoms with Gasteiger partial charge in [-0.3, -0.25) is 0 Å². The van der Waals surface area contributed by atoms with Crippen molar-refractivity contribution in [1.82, 2.24) is 25.1 Å². The van der Waals surface area contributed by atoms with E-state index in [2.05, 4.69) is 30.4 Å². The van der Waals surface area contributed by atoms with Crippen LogP contribution in [0.2, 0.25) is 0 Å². The maximum atomic E-state index is 5.39. The molecule has 132 valence electrons. The lowest BCUT2D eigenvalue weighted by molar-refractivity contribution is 0.166. The molecule has 1 unspecified atom stereocenters. The van der Waals surface area contributed by atoms with Crippen LogP contribution in [-0.2, 0) is 17.8 Å². The molecule has 1 N–H and O–H groups in total. The van der Waals surface area contributed by atoms with E-state index < -0.39 is 0 Å². The fourth-order valence-electron chi connectivity index (χ4n) is 3.40. The molecule has 0 amide bonds. The second kappa shape index (κ2) is 7.77. The van der Waals surface area contributed by atoms with Gasteiger partial charge in [0.25, 0.3) is 0 Å². The molecule has 0 radical (unpaired) electrons. The highest BCUT2D eigenvalue weighted by molar-refractivity contribution is 7.14. The van der Waals surface area contributed by atoms with Crippen molar-refractivity contribution in [2.45, 2.75) is 38.4 Å². The number of hydrogen-bond acceptors (Lipinski definition) is 7. The van der Waals surface area contributed by atoms with Crippen LogP contribution in [0.1, 0.15) is 25.1 Å². The smallest absolute Gasteiger partial charge is 0.186 e. The molecule has 24 heavy (non-hydrogen) atoms. The average Bonchev–Trinajstić information content (AvgIpc) is 3.22. The van der Waals surface area contributed by atoms with Crippen LogP contribution in [0.4, 0.5) is 5.13 Å². The van der Waals surface area contributed by atoms with Crippen LogP contribution in [-0.4, -0.2) is 52.6 Å². The summed E-state index contributed by atoms with van der Waals surface area (Å²) in [5.41, 5.74) is 0.937. The van der Waals surface area contributed by atoms with Crippen LogP contribution in [0.3, 0.4) is 0 Å². The van der Waals surface area contributed by atoms with Gasteiger partial charge in [-0.05, 0) is 19.3 Å². The average molecular weight is 371 g/mol. The summed E-state index contributed by atoms with van der Waals surface area (Å²) >= 11 is 1.70. The molecule has 2 aliphatic rings. The molecular weight excluding hydrogens is 348 g/mol. The molecule has 4 rings (SSSR count). The van der Waals surface area contributed by atoms with E-state index in [1.807, 2.05) is 0 Å². The lowest BCUT2D eigenvalue weighted by atomic mass is 10.0. The number of piperidine rings is 1. The van der Waals surface area contributed by atoms with E-state index in [1.54, 1.807) is 18.4 Å². The standard InChI is InChI=1S/C15H22N6OS.ClH/c1-22-9-11-4-2-3-6-20(11)15-17-12(10-23-15)14-19-18-13-8-16-5-7-21(13)14;/h10-11,16H,2-9H2,1H3;1H. The molecule has 0 aromatic carbocycles. The summed E-state index contributed by atoms with van der Waals surface area (Å²) in [6.07, 6.45) is 3.67. The molecule has 1 fully saturated rings. The van der Waals surface area contributed by atoms with Crippen molar-refractivity contribution in [3.8, 4) is 11.5 Å². The van der Waals surface area contributed by atoms with E-state index in [0.29, 0.717) is 6.04 Å². The molecule has 2 aromatic rings. The Morgan fingerprint density at radius 2 is 2.25 bits per heavy atom. The van der Waals surface area contributed by atoms with Gasteiger partial charge in [0.05, 0.1) is 19.2 Å². The summed E-state index contributed by atoms with van der Waals surface area (Å²) in [5, 5.41) is 15.1. The number of nitrogens with one attached hydrogen (secondary N) is 1. The summed E-state index contributed by atoms with van der Waals surface area (Å²) in [4.78, 5) is 7.26. The molecule has 0 aliphatic carbocycles. The van der Waals surface area contributed by atoms with E-state index in [9.17, 15) is 0 Å². The predicted molar refractivity (Wildman–Crippen MR) is 96.9 cm³/mol. The van der Waals surface area contributed by atoms with Crippen LogP contribution < -0.4 is 10.2 Å². The first-order valence-electron chi connectivity index (χ1n) is 8.21. The van der Waals surface area contributed by atoms with E-state index in [-0.39, 0.29) is 12.4 Å². The Hall–Kier alpha value is -1.22. The quantitative estimate of drug-likeness (QED) is 0.887. The number of rotatable bonds is 4. The highest BCUT2D eigenvalue weighted by atomic mass is 35.5. The van der Waals surface area contributed by atoms with E-state index in [1.165, 1.54) is 19.3 Å². The van der Waals surface area contributed by atoms with Crippen molar-refractivity contribution in [3.63, 3.8) is 0 Å². The molecule has 7 nitrogen and oxygen atoms in total. The van der Waals surface area contributed by atoms with Gasteiger partial charge in [0.1, 0.15) is 11.5 Å². The molecule has 2 aromatic heterocycles. The lowest BCUT2D eigenvalue weighted by Crippen LogP contribution is -2.42. The molecule has 0 saturated carbocycles. The molecular formula is C15H23ClN6OS. The lowest BCUT2D eigenvalue weighted by Gasteiger charge is -2.35. The number of anilines is 1. The summed E-state index contributed by atoms with van der Waals surface area (Å²) in [7, 11) is 1.77. The van der Waals surface area contributed by atoms with Gasteiger partial charge < -0.3 is 19.5 Å². The van der Waals surface area contributed by atoms with Crippen LogP contribution in [0.25, 0.3) is 11.5 Å². The monoisotopic (exact) mass is 370 g/mol. The first kappa shape index (κ1) is 17.6. The third-order valence-electron chi connectivity index (χ3n) is 4.58. The number of nitrogens with zero attached hydrogens (tertiary/aromatic N) is 5. The van der Waals surface area contributed by atoms with Gasteiger partial charge in [0, 0.05) is 32.1 Å². The largest absolute Gasteiger partial charge is 0.383 e. The van der Waals surface area contributed by atoms with Crippen molar-refractivity contribution in [3.05, 3.63) is 11.2 Å². The maximum Gasteiger partial charge on any atom is 0.186 e. The SMILES string of the molecule is COCC1CCCCN1c1nc(-c2nnc3n2CCNC3)cs1.Cl. The van der Waals surface area contributed by atoms with Gasteiger partial charge in [0.15, 0.2) is 11.0 Å². The minimum absolute atomic E-state index is 0. The van der Waals surface area contributed by atoms with E-state index in [4.69, 9.17) is 9.72 Å².